The third-order valence-electron chi connectivity index (χ3n) is 3.70. The van der Waals surface area contributed by atoms with Crippen LogP contribution in [0.5, 0.6) is 0 Å². The molecule has 1 atom stereocenters. The van der Waals surface area contributed by atoms with Gasteiger partial charge >= 0.3 is 0 Å². The number of nitrogens with one attached hydrogen (secondary N) is 1. The Morgan fingerprint density at radius 2 is 2.16 bits per heavy atom. The molecular weight excluding hydrogens is 238 g/mol. The van der Waals surface area contributed by atoms with E-state index in [1.807, 2.05) is 18.2 Å². The van der Waals surface area contributed by atoms with Crippen LogP contribution < -0.4 is 5.32 Å². The van der Waals surface area contributed by atoms with E-state index in [4.69, 9.17) is 9.84 Å². The summed E-state index contributed by atoms with van der Waals surface area (Å²) in [6.45, 7) is 3.59. The van der Waals surface area contributed by atoms with Crippen molar-refractivity contribution in [2.24, 2.45) is 5.41 Å². The molecule has 1 unspecified atom stereocenters. The van der Waals surface area contributed by atoms with Crippen molar-refractivity contribution < 1.29 is 9.84 Å². The molecule has 19 heavy (non-hydrogen) atoms. The molecule has 3 nitrogen and oxygen atoms in total. The first-order chi connectivity index (χ1) is 9.35. The van der Waals surface area contributed by atoms with Crippen molar-refractivity contribution in [1.82, 2.24) is 5.32 Å². The van der Waals surface area contributed by atoms with Crippen molar-refractivity contribution in [2.75, 3.05) is 32.9 Å². The van der Waals surface area contributed by atoms with Gasteiger partial charge in [0, 0.05) is 31.7 Å². The van der Waals surface area contributed by atoms with Crippen LogP contribution in [0.2, 0.25) is 0 Å². The van der Waals surface area contributed by atoms with Crippen molar-refractivity contribution >= 4 is 6.08 Å². The molecule has 0 saturated carbocycles. The molecule has 0 aromatic heterocycles. The van der Waals surface area contributed by atoms with Crippen LogP contribution in [0.3, 0.4) is 0 Å². The second kappa shape index (κ2) is 7.43. The summed E-state index contributed by atoms with van der Waals surface area (Å²) in [5.41, 5.74) is 1.36. The third-order valence-corrected chi connectivity index (χ3v) is 3.70. The van der Waals surface area contributed by atoms with E-state index in [2.05, 4.69) is 29.6 Å². The van der Waals surface area contributed by atoms with Gasteiger partial charge in [0.2, 0.25) is 0 Å². The second-order valence-electron chi connectivity index (χ2n) is 5.22. The molecule has 104 valence electrons. The summed E-state index contributed by atoms with van der Waals surface area (Å²) in [5.74, 6) is 0. The summed E-state index contributed by atoms with van der Waals surface area (Å²) in [5, 5.41) is 12.6. The van der Waals surface area contributed by atoms with Gasteiger partial charge in [-0.05, 0) is 18.4 Å². The number of rotatable bonds is 7. The predicted octanol–water partition coefficient (Wildman–Crippen LogP) is 2.08. The average molecular weight is 261 g/mol. The van der Waals surface area contributed by atoms with Gasteiger partial charge < -0.3 is 15.2 Å². The summed E-state index contributed by atoms with van der Waals surface area (Å²) in [6, 6.07) is 10.3. The highest BCUT2D eigenvalue weighted by atomic mass is 16.5. The number of aliphatic hydroxyl groups is 1. The van der Waals surface area contributed by atoms with Crippen molar-refractivity contribution in [3.8, 4) is 0 Å². The quantitative estimate of drug-likeness (QED) is 0.738. The Kier molecular flexibility index (Phi) is 5.58. The van der Waals surface area contributed by atoms with Crippen LogP contribution in [-0.2, 0) is 4.74 Å². The van der Waals surface area contributed by atoms with Crippen LogP contribution in [0.4, 0.5) is 0 Å². The van der Waals surface area contributed by atoms with E-state index in [9.17, 15) is 0 Å². The van der Waals surface area contributed by atoms with Gasteiger partial charge in [0.05, 0.1) is 6.61 Å². The van der Waals surface area contributed by atoms with E-state index < -0.39 is 0 Å². The van der Waals surface area contributed by atoms with Crippen molar-refractivity contribution in [3.63, 3.8) is 0 Å². The summed E-state index contributed by atoms with van der Waals surface area (Å²) in [4.78, 5) is 0. The number of hydrogen-bond acceptors (Lipinski definition) is 3. The van der Waals surface area contributed by atoms with Crippen LogP contribution in [0.1, 0.15) is 18.4 Å². The van der Waals surface area contributed by atoms with Crippen LogP contribution in [-0.4, -0.2) is 38.0 Å². The van der Waals surface area contributed by atoms with E-state index in [1.165, 1.54) is 5.56 Å². The zero-order valence-electron chi connectivity index (χ0n) is 11.3. The van der Waals surface area contributed by atoms with Gasteiger partial charge in [-0.2, -0.15) is 0 Å². The zero-order chi connectivity index (χ0) is 13.4. The van der Waals surface area contributed by atoms with Gasteiger partial charge in [0.1, 0.15) is 0 Å². The monoisotopic (exact) mass is 261 g/mol. The summed E-state index contributed by atoms with van der Waals surface area (Å²) in [7, 11) is 0. The SMILES string of the molecule is OCCC1(CNC/C=C/c2ccccc2)CCOC1. The molecule has 1 aliphatic heterocycles. The van der Waals surface area contributed by atoms with Crippen molar-refractivity contribution in [2.45, 2.75) is 12.8 Å². The molecule has 0 bridgehead atoms. The van der Waals surface area contributed by atoms with E-state index in [1.54, 1.807) is 0 Å². The molecule has 2 N–H and O–H groups in total. The highest BCUT2D eigenvalue weighted by Crippen LogP contribution is 2.31. The minimum atomic E-state index is 0.134. The maximum atomic E-state index is 9.15. The lowest BCUT2D eigenvalue weighted by Crippen LogP contribution is -2.35. The van der Waals surface area contributed by atoms with Crippen LogP contribution >= 0.6 is 0 Å². The highest BCUT2D eigenvalue weighted by molar-refractivity contribution is 5.48. The molecule has 0 aliphatic carbocycles. The Hall–Kier alpha value is -1.16. The Morgan fingerprint density at radius 1 is 1.32 bits per heavy atom. The minimum absolute atomic E-state index is 0.134. The lowest BCUT2D eigenvalue weighted by atomic mass is 9.84. The number of hydrogen-bond donors (Lipinski definition) is 2. The highest BCUT2D eigenvalue weighted by Gasteiger charge is 2.33. The van der Waals surface area contributed by atoms with E-state index in [0.717, 1.165) is 39.1 Å². The lowest BCUT2D eigenvalue weighted by Gasteiger charge is -2.26. The van der Waals surface area contributed by atoms with Gasteiger partial charge in [-0.3, -0.25) is 0 Å². The smallest absolute Gasteiger partial charge is 0.0536 e. The molecule has 1 aliphatic rings. The first-order valence-corrected chi connectivity index (χ1v) is 6.96. The fourth-order valence-corrected chi connectivity index (χ4v) is 2.49. The maximum absolute atomic E-state index is 9.15. The molecule has 0 radical (unpaired) electrons. The molecule has 3 heteroatoms. The maximum Gasteiger partial charge on any atom is 0.0536 e. The van der Waals surface area contributed by atoms with E-state index >= 15 is 0 Å². The molecule has 0 spiro atoms. The summed E-state index contributed by atoms with van der Waals surface area (Å²) in [6.07, 6.45) is 6.13. The van der Waals surface area contributed by atoms with E-state index in [0.29, 0.717) is 0 Å². The van der Waals surface area contributed by atoms with E-state index in [-0.39, 0.29) is 12.0 Å². The number of aliphatic hydroxyl groups excluding tert-OH is 1. The number of ether oxygens (including phenoxy) is 1. The third kappa shape index (κ3) is 4.46. The molecule has 0 amide bonds. The second-order valence-corrected chi connectivity index (χ2v) is 5.22. The van der Waals surface area contributed by atoms with Gasteiger partial charge in [-0.25, -0.2) is 0 Å². The van der Waals surface area contributed by atoms with Crippen molar-refractivity contribution in [3.05, 3.63) is 42.0 Å². The molecule has 1 aromatic carbocycles. The molecule has 1 fully saturated rings. The predicted molar refractivity (Wildman–Crippen MR) is 77.9 cm³/mol. The molecule has 1 saturated heterocycles. The zero-order valence-corrected chi connectivity index (χ0v) is 11.3. The standard InChI is InChI=1S/C16H23NO2/c18-11-8-16(9-12-19-14-16)13-17-10-4-7-15-5-2-1-3-6-15/h1-7,17-18H,8-14H2/b7-4+. The Balaban J connectivity index is 1.72. The van der Waals surface area contributed by atoms with Gasteiger partial charge in [0.25, 0.3) is 0 Å². The summed E-state index contributed by atoms with van der Waals surface area (Å²) < 4.78 is 5.47. The summed E-state index contributed by atoms with van der Waals surface area (Å²) >= 11 is 0. The molecule has 1 aromatic rings. The van der Waals surface area contributed by atoms with Gasteiger partial charge in [0.15, 0.2) is 0 Å². The lowest BCUT2D eigenvalue weighted by molar-refractivity contribution is 0.125. The molecule has 2 rings (SSSR count). The first-order valence-electron chi connectivity index (χ1n) is 6.96. The van der Waals surface area contributed by atoms with Crippen LogP contribution in [0.15, 0.2) is 36.4 Å². The molecule has 1 heterocycles. The minimum Gasteiger partial charge on any atom is -0.396 e. The fraction of sp³-hybridized carbons (Fsp3) is 0.500. The largest absolute Gasteiger partial charge is 0.396 e. The van der Waals surface area contributed by atoms with Gasteiger partial charge in [-0.1, -0.05) is 42.5 Å². The Bertz CT molecular complexity index is 383. The fourth-order valence-electron chi connectivity index (χ4n) is 2.49. The number of benzene rings is 1. The molecular formula is C16H23NO2. The Morgan fingerprint density at radius 3 is 2.84 bits per heavy atom. The topological polar surface area (TPSA) is 41.5 Å². The van der Waals surface area contributed by atoms with Crippen molar-refractivity contribution in [1.29, 1.82) is 0 Å². The van der Waals surface area contributed by atoms with Gasteiger partial charge in [-0.15, -0.1) is 0 Å². The normalized spacial score (nSPS) is 23.2. The average Bonchev–Trinajstić information content (AvgIpc) is 2.89. The first kappa shape index (κ1) is 14.3. The van der Waals surface area contributed by atoms with Crippen LogP contribution in [0.25, 0.3) is 6.08 Å². The van der Waals surface area contributed by atoms with Crippen LogP contribution in [0, 0.1) is 5.41 Å². The Labute approximate surface area is 115 Å².